The van der Waals surface area contributed by atoms with Crippen molar-refractivity contribution in [1.29, 1.82) is 0 Å². The number of allylic oxidation sites excluding steroid dienone is 4. The summed E-state index contributed by atoms with van der Waals surface area (Å²) in [5.41, 5.74) is 1.62. The van der Waals surface area contributed by atoms with E-state index in [9.17, 15) is 0 Å². The first-order valence-electron chi connectivity index (χ1n) is 7.36. The molecule has 18 heavy (non-hydrogen) atoms. The van der Waals surface area contributed by atoms with Gasteiger partial charge in [-0.05, 0) is 45.1 Å². The van der Waals surface area contributed by atoms with Gasteiger partial charge in [-0.3, -0.25) is 4.72 Å². The van der Waals surface area contributed by atoms with Gasteiger partial charge in [0.15, 0.2) is 0 Å². The average Bonchev–Trinajstić information content (AvgIpc) is 2.45. The summed E-state index contributed by atoms with van der Waals surface area (Å²) in [7, 11) is 0. The van der Waals surface area contributed by atoms with Crippen LogP contribution in [0.5, 0.6) is 0 Å². The number of rotatable bonds is 6. The zero-order valence-electron chi connectivity index (χ0n) is 11.2. The minimum Gasteiger partial charge on any atom is -0.312 e. The monoisotopic (exact) mass is 266 g/mol. The largest absolute Gasteiger partial charge is 0.312 e. The SMILES string of the molecule is SNC1CCCCC1NCCCC1=CCC=CC1. The maximum atomic E-state index is 4.24. The molecule has 2 unspecified atom stereocenters. The van der Waals surface area contributed by atoms with Gasteiger partial charge in [0.2, 0.25) is 0 Å². The van der Waals surface area contributed by atoms with Gasteiger partial charge in [0.1, 0.15) is 0 Å². The van der Waals surface area contributed by atoms with Gasteiger partial charge in [0, 0.05) is 12.1 Å². The number of nitrogens with one attached hydrogen (secondary N) is 2. The van der Waals surface area contributed by atoms with Crippen LogP contribution in [0, 0.1) is 0 Å². The molecule has 3 heteroatoms. The van der Waals surface area contributed by atoms with Crippen molar-refractivity contribution in [3.8, 4) is 0 Å². The third kappa shape index (κ3) is 4.45. The summed E-state index contributed by atoms with van der Waals surface area (Å²) >= 11 is 4.24. The minimum absolute atomic E-state index is 0.555. The lowest BCUT2D eigenvalue weighted by atomic mass is 9.91. The molecule has 0 amide bonds. The molecule has 0 spiro atoms. The first-order valence-corrected chi connectivity index (χ1v) is 7.81. The molecule has 0 heterocycles. The van der Waals surface area contributed by atoms with Crippen LogP contribution in [0.15, 0.2) is 23.8 Å². The lowest BCUT2D eigenvalue weighted by Gasteiger charge is -2.31. The number of hydrogen-bond donors (Lipinski definition) is 3. The molecule has 0 aromatic heterocycles. The topological polar surface area (TPSA) is 24.1 Å². The van der Waals surface area contributed by atoms with Crippen LogP contribution in [0.25, 0.3) is 0 Å². The van der Waals surface area contributed by atoms with Crippen molar-refractivity contribution >= 4 is 12.8 Å². The molecule has 2 N–H and O–H groups in total. The molecule has 0 aromatic rings. The highest BCUT2D eigenvalue weighted by Gasteiger charge is 2.22. The Morgan fingerprint density at radius 2 is 2.00 bits per heavy atom. The van der Waals surface area contributed by atoms with Gasteiger partial charge in [-0.25, -0.2) is 0 Å². The van der Waals surface area contributed by atoms with Gasteiger partial charge in [-0.1, -0.05) is 49.5 Å². The van der Waals surface area contributed by atoms with E-state index in [0.29, 0.717) is 12.1 Å². The predicted molar refractivity (Wildman–Crippen MR) is 81.9 cm³/mol. The quantitative estimate of drug-likeness (QED) is 0.390. The maximum Gasteiger partial charge on any atom is 0.0323 e. The summed E-state index contributed by atoms with van der Waals surface area (Å²) in [6.07, 6.45) is 17.0. The van der Waals surface area contributed by atoms with Gasteiger partial charge in [0.05, 0.1) is 0 Å². The summed E-state index contributed by atoms with van der Waals surface area (Å²) < 4.78 is 3.16. The van der Waals surface area contributed by atoms with E-state index in [1.54, 1.807) is 5.57 Å². The standard InChI is InChI=1S/C15H26N2S/c18-17-15-11-5-4-10-14(15)16-12-6-9-13-7-2-1-3-8-13/h1-2,8,14-18H,3-7,9-12H2. The van der Waals surface area contributed by atoms with Gasteiger partial charge in [-0.2, -0.15) is 0 Å². The summed E-state index contributed by atoms with van der Waals surface area (Å²) in [5.74, 6) is 0. The summed E-state index contributed by atoms with van der Waals surface area (Å²) in [6.45, 7) is 1.14. The Morgan fingerprint density at radius 1 is 1.17 bits per heavy atom. The Kier molecular flexibility index (Phi) is 6.32. The molecule has 1 saturated carbocycles. The van der Waals surface area contributed by atoms with Crippen LogP contribution in [0.3, 0.4) is 0 Å². The van der Waals surface area contributed by atoms with E-state index in [1.807, 2.05) is 0 Å². The van der Waals surface area contributed by atoms with Crippen LogP contribution in [0.2, 0.25) is 0 Å². The zero-order valence-corrected chi connectivity index (χ0v) is 12.1. The second kappa shape index (κ2) is 8.03. The summed E-state index contributed by atoms with van der Waals surface area (Å²) in [6, 6.07) is 1.18. The molecule has 0 radical (unpaired) electrons. The number of thiol groups is 1. The highest BCUT2D eigenvalue weighted by atomic mass is 32.1. The molecule has 1 fully saturated rings. The predicted octanol–water partition coefficient (Wildman–Crippen LogP) is 3.38. The fraction of sp³-hybridized carbons (Fsp3) is 0.733. The van der Waals surface area contributed by atoms with E-state index < -0.39 is 0 Å². The van der Waals surface area contributed by atoms with Gasteiger partial charge < -0.3 is 5.32 Å². The number of hydrogen-bond acceptors (Lipinski definition) is 3. The lowest BCUT2D eigenvalue weighted by molar-refractivity contribution is 0.315. The molecule has 2 aliphatic rings. The van der Waals surface area contributed by atoms with E-state index in [1.165, 1.54) is 44.9 Å². The Balaban J connectivity index is 1.60. The smallest absolute Gasteiger partial charge is 0.0323 e. The Labute approximate surface area is 117 Å². The van der Waals surface area contributed by atoms with E-state index in [4.69, 9.17) is 0 Å². The van der Waals surface area contributed by atoms with Crippen LogP contribution in [-0.2, 0) is 0 Å². The molecule has 0 bridgehead atoms. The van der Waals surface area contributed by atoms with Crippen LogP contribution < -0.4 is 10.0 Å². The van der Waals surface area contributed by atoms with Crippen molar-refractivity contribution in [1.82, 2.24) is 10.0 Å². The highest BCUT2D eigenvalue weighted by Crippen LogP contribution is 2.20. The first-order chi connectivity index (χ1) is 8.90. The van der Waals surface area contributed by atoms with E-state index >= 15 is 0 Å². The van der Waals surface area contributed by atoms with Crippen molar-refractivity contribution in [3.63, 3.8) is 0 Å². The molecule has 2 nitrogen and oxygen atoms in total. The van der Waals surface area contributed by atoms with E-state index in [2.05, 4.69) is 41.1 Å². The normalized spacial score (nSPS) is 28.2. The van der Waals surface area contributed by atoms with Crippen LogP contribution in [0.1, 0.15) is 51.4 Å². The summed E-state index contributed by atoms with van der Waals surface area (Å²) in [4.78, 5) is 0. The van der Waals surface area contributed by atoms with Crippen LogP contribution in [-0.4, -0.2) is 18.6 Å². The van der Waals surface area contributed by atoms with Gasteiger partial charge in [-0.15, -0.1) is 0 Å². The average molecular weight is 266 g/mol. The molecule has 2 atom stereocenters. The first kappa shape index (κ1) is 14.2. The van der Waals surface area contributed by atoms with Crippen molar-refractivity contribution in [3.05, 3.63) is 23.8 Å². The minimum atomic E-state index is 0.555. The Morgan fingerprint density at radius 3 is 2.72 bits per heavy atom. The third-order valence-electron chi connectivity index (χ3n) is 4.10. The molecule has 0 saturated heterocycles. The Bertz CT molecular complexity index is 299. The fourth-order valence-corrected chi connectivity index (χ4v) is 3.29. The van der Waals surface area contributed by atoms with Gasteiger partial charge in [0.25, 0.3) is 0 Å². The molecule has 102 valence electrons. The van der Waals surface area contributed by atoms with Crippen LogP contribution >= 0.6 is 12.8 Å². The second-order valence-electron chi connectivity index (χ2n) is 5.46. The molecular weight excluding hydrogens is 240 g/mol. The Hall–Kier alpha value is -0.250. The molecule has 2 rings (SSSR count). The zero-order chi connectivity index (χ0) is 12.6. The summed E-state index contributed by atoms with van der Waals surface area (Å²) in [5, 5.41) is 3.71. The third-order valence-corrected chi connectivity index (χ3v) is 4.43. The molecule has 2 aliphatic carbocycles. The van der Waals surface area contributed by atoms with Gasteiger partial charge >= 0.3 is 0 Å². The van der Waals surface area contributed by atoms with Crippen molar-refractivity contribution in [2.24, 2.45) is 0 Å². The molecule has 0 aliphatic heterocycles. The van der Waals surface area contributed by atoms with E-state index in [-0.39, 0.29) is 0 Å². The fourth-order valence-electron chi connectivity index (χ4n) is 2.99. The molecule has 0 aromatic carbocycles. The highest BCUT2D eigenvalue weighted by molar-refractivity contribution is 7.78. The van der Waals surface area contributed by atoms with Crippen molar-refractivity contribution < 1.29 is 0 Å². The van der Waals surface area contributed by atoms with Crippen molar-refractivity contribution in [2.45, 2.75) is 63.5 Å². The van der Waals surface area contributed by atoms with Crippen LogP contribution in [0.4, 0.5) is 0 Å². The maximum absolute atomic E-state index is 4.24. The molecular formula is C15H26N2S. The van der Waals surface area contributed by atoms with E-state index in [0.717, 1.165) is 13.0 Å². The second-order valence-corrected chi connectivity index (χ2v) is 5.72. The van der Waals surface area contributed by atoms with Crippen molar-refractivity contribution in [2.75, 3.05) is 6.54 Å². The lowest BCUT2D eigenvalue weighted by Crippen LogP contribution is -2.47.